The maximum atomic E-state index is 11.6. The lowest BCUT2D eigenvalue weighted by Gasteiger charge is -2.34. The van der Waals surface area contributed by atoms with Crippen LogP contribution in [-0.4, -0.2) is 24.2 Å². The highest BCUT2D eigenvalue weighted by Gasteiger charge is 2.32. The second-order valence-electron chi connectivity index (χ2n) is 5.97. The molecule has 0 saturated heterocycles. The Balaban J connectivity index is 2.13. The van der Waals surface area contributed by atoms with Gasteiger partial charge in [0.1, 0.15) is 5.78 Å². The molecule has 0 aliphatic heterocycles. The maximum Gasteiger partial charge on any atom is 0.132 e. The van der Waals surface area contributed by atoms with Crippen molar-refractivity contribution in [1.29, 1.82) is 0 Å². The third-order valence-corrected chi connectivity index (χ3v) is 5.79. The van der Waals surface area contributed by atoms with Crippen LogP contribution in [0.25, 0.3) is 0 Å². The third kappa shape index (κ3) is 5.15. The van der Waals surface area contributed by atoms with E-state index >= 15 is 0 Å². The molecule has 2 unspecified atom stereocenters. The van der Waals surface area contributed by atoms with Gasteiger partial charge < -0.3 is 4.74 Å². The maximum absolute atomic E-state index is 11.6. The highest BCUT2D eigenvalue weighted by Crippen LogP contribution is 2.39. The average Bonchev–Trinajstić information content (AvgIpc) is 2.52. The minimum atomic E-state index is 0.0239. The first-order valence-corrected chi connectivity index (χ1v) is 8.82. The Kier molecular flexibility index (Phi) is 6.78. The van der Waals surface area contributed by atoms with Crippen molar-refractivity contribution < 1.29 is 9.53 Å². The smallest absolute Gasteiger partial charge is 0.132 e. The number of methoxy groups -OCH3 is 1. The molecule has 0 aromatic heterocycles. The second-order valence-corrected chi connectivity index (χ2v) is 7.23. The Morgan fingerprint density at radius 3 is 2.48 bits per heavy atom. The van der Waals surface area contributed by atoms with Crippen LogP contribution in [0.5, 0.6) is 0 Å². The van der Waals surface area contributed by atoms with Crippen molar-refractivity contribution in [1.82, 2.24) is 0 Å². The molecule has 3 heteroatoms. The van der Waals surface area contributed by atoms with E-state index in [2.05, 4.69) is 24.3 Å². The number of rotatable bonds is 7. The van der Waals surface area contributed by atoms with Crippen LogP contribution in [0.1, 0.15) is 45.4 Å². The molecule has 1 fully saturated rings. The Morgan fingerprint density at radius 1 is 1.24 bits per heavy atom. The van der Waals surface area contributed by atoms with E-state index in [9.17, 15) is 4.79 Å². The number of carbonyl (C=O) groups is 1. The second kappa shape index (κ2) is 8.60. The van der Waals surface area contributed by atoms with Gasteiger partial charge in [-0.25, -0.2) is 0 Å². The van der Waals surface area contributed by atoms with Crippen molar-refractivity contribution in [3.63, 3.8) is 0 Å². The van der Waals surface area contributed by atoms with Crippen molar-refractivity contribution in [2.75, 3.05) is 7.11 Å². The molecule has 116 valence electrons. The number of Topliss-reactive ketones (excluding diaryl/α,β-unsaturated/α-hetero) is 1. The molecule has 0 bridgehead atoms. The molecule has 0 heterocycles. The largest absolute Gasteiger partial charge is 0.380 e. The van der Waals surface area contributed by atoms with E-state index in [1.807, 2.05) is 17.8 Å². The highest BCUT2D eigenvalue weighted by molar-refractivity contribution is 8.00. The molecule has 1 aromatic rings. The standard InChI is InChI=1S/C18H26O2S/c1-14(19)13-17(20-2)18(15-9-5-3-6-10-15)21-16-11-7-4-8-12-16/h4,7-8,11-12,15,17-18H,3,5-6,9-10,13H2,1-2H3. The molecular formula is C18H26O2S. The Morgan fingerprint density at radius 2 is 1.90 bits per heavy atom. The van der Waals surface area contributed by atoms with Crippen LogP contribution in [0.2, 0.25) is 0 Å². The van der Waals surface area contributed by atoms with Crippen molar-refractivity contribution >= 4 is 17.5 Å². The summed E-state index contributed by atoms with van der Waals surface area (Å²) >= 11 is 1.89. The van der Waals surface area contributed by atoms with Crippen LogP contribution in [0, 0.1) is 5.92 Å². The predicted molar refractivity (Wildman–Crippen MR) is 88.8 cm³/mol. The number of thioether (sulfide) groups is 1. The molecule has 0 spiro atoms. The SMILES string of the molecule is COC(CC(C)=O)C(Sc1ccccc1)C1CCCCC1. The van der Waals surface area contributed by atoms with Crippen LogP contribution in [0.4, 0.5) is 0 Å². The molecule has 1 aliphatic carbocycles. The van der Waals surface area contributed by atoms with Gasteiger partial charge in [-0.2, -0.15) is 0 Å². The fourth-order valence-corrected chi connectivity index (χ4v) is 4.66. The molecule has 2 atom stereocenters. The minimum Gasteiger partial charge on any atom is -0.380 e. The quantitative estimate of drug-likeness (QED) is 0.682. The molecular weight excluding hydrogens is 280 g/mol. The van der Waals surface area contributed by atoms with E-state index < -0.39 is 0 Å². The number of carbonyl (C=O) groups excluding carboxylic acids is 1. The highest BCUT2D eigenvalue weighted by atomic mass is 32.2. The molecule has 2 nitrogen and oxygen atoms in total. The van der Waals surface area contributed by atoms with Gasteiger partial charge in [0.2, 0.25) is 0 Å². The number of hydrogen-bond donors (Lipinski definition) is 0. The summed E-state index contributed by atoms with van der Waals surface area (Å²) in [5.74, 6) is 0.879. The first-order valence-electron chi connectivity index (χ1n) is 7.94. The monoisotopic (exact) mass is 306 g/mol. The van der Waals surface area contributed by atoms with Gasteiger partial charge in [0.15, 0.2) is 0 Å². The van der Waals surface area contributed by atoms with Crippen LogP contribution < -0.4 is 0 Å². The zero-order valence-corrected chi connectivity index (χ0v) is 13.9. The number of ketones is 1. The van der Waals surface area contributed by atoms with E-state index in [0.29, 0.717) is 17.6 Å². The Labute approximate surface area is 132 Å². The molecule has 1 aromatic carbocycles. The molecule has 1 aliphatic rings. The minimum absolute atomic E-state index is 0.0239. The van der Waals surface area contributed by atoms with Crippen molar-refractivity contribution in [3.8, 4) is 0 Å². The summed E-state index contributed by atoms with van der Waals surface area (Å²) in [6.45, 7) is 1.66. The van der Waals surface area contributed by atoms with Crippen LogP contribution in [-0.2, 0) is 9.53 Å². The lowest BCUT2D eigenvalue weighted by atomic mass is 9.84. The lowest BCUT2D eigenvalue weighted by Crippen LogP contribution is -2.35. The van der Waals surface area contributed by atoms with E-state index in [1.165, 1.54) is 37.0 Å². The average molecular weight is 306 g/mol. The zero-order chi connectivity index (χ0) is 15.1. The van der Waals surface area contributed by atoms with E-state index in [0.717, 1.165) is 0 Å². The van der Waals surface area contributed by atoms with Crippen molar-refractivity contribution in [2.45, 2.75) is 61.7 Å². The lowest BCUT2D eigenvalue weighted by molar-refractivity contribution is -0.119. The molecule has 2 rings (SSSR count). The van der Waals surface area contributed by atoms with Gasteiger partial charge in [-0.1, -0.05) is 37.5 Å². The molecule has 0 N–H and O–H groups in total. The molecule has 21 heavy (non-hydrogen) atoms. The fourth-order valence-electron chi connectivity index (χ4n) is 3.21. The summed E-state index contributed by atoms with van der Waals surface area (Å²) in [5, 5.41) is 0.376. The first kappa shape index (κ1) is 16.6. The third-order valence-electron chi connectivity index (χ3n) is 4.29. The normalized spacial score (nSPS) is 19.1. The van der Waals surface area contributed by atoms with Gasteiger partial charge in [-0.3, -0.25) is 4.79 Å². The van der Waals surface area contributed by atoms with Gasteiger partial charge in [-0.05, 0) is 37.8 Å². The number of ether oxygens (including phenoxy) is 1. The van der Waals surface area contributed by atoms with Crippen molar-refractivity contribution in [3.05, 3.63) is 30.3 Å². The van der Waals surface area contributed by atoms with Crippen LogP contribution in [0.3, 0.4) is 0 Å². The molecule has 1 saturated carbocycles. The van der Waals surface area contributed by atoms with Gasteiger partial charge >= 0.3 is 0 Å². The van der Waals surface area contributed by atoms with Crippen LogP contribution in [0.15, 0.2) is 35.2 Å². The zero-order valence-electron chi connectivity index (χ0n) is 13.1. The summed E-state index contributed by atoms with van der Waals surface area (Å²) in [7, 11) is 1.75. The van der Waals surface area contributed by atoms with E-state index in [-0.39, 0.29) is 11.9 Å². The summed E-state index contributed by atoms with van der Waals surface area (Å²) in [5.41, 5.74) is 0. The topological polar surface area (TPSA) is 26.3 Å². The van der Waals surface area contributed by atoms with Gasteiger partial charge in [0, 0.05) is 23.7 Å². The molecule has 0 radical (unpaired) electrons. The number of benzene rings is 1. The van der Waals surface area contributed by atoms with E-state index in [4.69, 9.17) is 4.74 Å². The summed E-state index contributed by atoms with van der Waals surface area (Å²) < 4.78 is 5.71. The van der Waals surface area contributed by atoms with Crippen LogP contribution >= 0.6 is 11.8 Å². The Bertz CT molecular complexity index is 426. The van der Waals surface area contributed by atoms with Gasteiger partial charge in [0.05, 0.1) is 6.10 Å². The fraction of sp³-hybridized carbons (Fsp3) is 0.611. The summed E-state index contributed by atoms with van der Waals surface area (Å²) in [6.07, 6.45) is 7.06. The van der Waals surface area contributed by atoms with Gasteiger partial charge in [0.25, 0.3) is 0 Å². The van der Waals surface area contributed by atoms with Gasteiger partial charge in [-0.15, -0.1) is 11.8 Å². The van der Waals surface area contributed by atoms with Crippen molar-refractivity contribution in [2.24, 2.45) is 5.92 Å². The number of hydrogen-bond acceptors (Lipinski definition) is 3. The van der Waals surface area contributed by atoms with E-state index in [1.54, 1.807) is 14.0 Å². The Hall–Kier alpha value is -0.800. The first-order chi connectivity index (χ1) is 10.2. The summed E-state index contributed by atoms with van der Waals surface area (Å²) in [4.78, 5) is 12.8. The molecule has 0 amide bonds. The predicted octanol–water partition coefficient (Wildman–Crippen LogP) is 4.72. The summed E-state index contributed by atoms with van der Waals surface area (Å²) in [6, 6.07) is 10.5.